The topological polar surface area (TPSA) is 77.4 Å². The second-order valence-electron chi connectivity index (χ2n) is 6.64. The molecule has 0 spiro atoms. The number of esters is 1. The molecule has 1 fully saturated rings. The summed E-state index contributed by atoms with van der Waals surface area (Å²) in [4.78, 5) is 31.8. The van der Waals surface area contributed by atoms with Crippen molar-refractivity contribution < 1.29 is 23.8 Å². The van der Waals surface area contributed by atoms with Crippen molar-refractivity contribution in [2.75, 3.05) is 26.9 Å². The second kappa shape index (κ2) is 10.9. The Morgan fingerprint density at radius 3 is 2.59 bits per heavy atom. The first-order valence-corrected chi connectivity index (χ1v) is 11.2. The van der Waals surface area contributed by atoms with E-state index in [1.165, 1.54) is 11.8 Å². The molecule has 0 aliphatic carbocycles. The number of methoxy groups -OCH3 is 1. The van der Waals surface area contributed by atoms with Gasteiger partial charge in [-0.05, 0) is 62.9 Å². The zero-order valence-electron chi connectivity index (χ0n) is 18.6. The lowest BCUT2D eigenvalue weighted by Crippen LogP contribution is -2.28. The number of carbonyl (C=O) groups excluding carboxylic acids is 2. The molecule has 1 aliphatic heterocycles. The number of para-hydroxylation sites is 1. The molecule has 0 atom stereocenters. The van der Waals surface area contributed by atoms with Crippen molar-refractivity contribution in [2.45, 2.75) is 20.8 Å². The Bertz CT molecular complexity index is 1060. The standard InChI is InChI=1S/C24H26N2O5S/c1-5-26-22(27)20(15-16-10-9-13-19(29-4)21(16)30-6-2)32-24(26)25-18-12-8-11-17(14-18)23(28)31-7-3/h8-15H,5-7H2,1-4H3. The van der Waals surface area contributed by atoms with Gasteiger partial charge in [-0.15, -0.1) is 0 Å². The van der Waals surface area contributed by atoms with E-state index in [4.69, 9.17) is 14.2 Å². The number of likely N-dealkylation sites (N-methyl/N-ethyl adjacent to an activating group) is 1. The van der Waals surface area contributed by atoms with Crippen LogP contribution in [0.2, 0.25) is 0 Å². The van der Waals surface area contributed by atoms with Crippen molar-refractivity contribution in [1.29, 1.82) is 0 Å². The van der Waals surface area contributed by atoms with Crippen LogP contribution >= 0.6 is 11.8 Å². The van der Waals surface area contributed by atoms with Crippen LogP contribution in [0.1, 0.15) is 36.7 Å². The van der Waals surface area contributed by atoms with Crippen LogP contribution in [0.5, 0.6) is 11.5 Å². The molecule has 0 bridgehead atoms. The van der Waals surface area contributed by atoms with Crippen LogP contribution in [0.4, 0.5) is 5.69 Å². The quantitative estimate of drug-likeness (QED) is 0.417. The van der Waals surface area contributed by atoms with Gasteiger partial charge >= 0.3 is 5.97 Å². The van der Waals surface area contributed by atoms with Crippen molar-refractivity contribution in [2.24, 2.45) is 4.99 Å². The predicted molar refractivity (Wildman–Crippen MR) is 127 cm³/mol. The molecule has 0 saturated carbocycles. The first-order chi connectivity index (χ1) is 15.5. The Morgan fingerprint density at radius 2 is 1.91 bits per heavy atom. The van der Waals surface area contributed by atoms with E-state index in [9.17, 15) is 9.59 Å². The van der Waals surface area contributed by atoms with Gasteiger partial charge in [-0.2, -0.15) is 0 Å². The monoisotopic (exact) mass is 454 g/mol. The molecule has 0 aromatic heterocycles. The average Bonchev–Trinajstić information content (AvgIpc) is 3.09. The third-order valence-electron chi connectivity index (χ3n) is 4.59. The molecule has 2 aromatic carbocycles. The molecule has 3 rings (SSSR count). The van der Waals surface area contributed by atoms with E-state index in [1.54, 1.807) is 49.3 Å². The zero-order valence-corrected chi connectivity index (χ0v) is 19.4. The minimum atomic E-state index is -0.404. The minimum Gasteiger partial charge on any atom is -0.493 e. The van der Waals surface area contributed by atoms with Crippen LogP contribution in [-0.4, -0.2) is 48.8 Å². The van der Waals surface area contributed by atoms with Crippen LogP contribution < -0.4 is 9.47 Å². The third kappa shape index (κ3) is 5.13. The number of ether oxygens (including phenoxy) is 3. The molecular weight excluding hydrogens is 428 g/mol. The van der Waals surface area contributed by atoms with Crippen LogP contribution in [-0.2, 0) is 9.53 Å². The van der Waals surface area contributed by atoms with Gasteiger partial charge in [0.25, 0.3) is 5.91 Å². The summed E-state index contributed by atoms with van der Waals surface area (Å²) < 4.78 is 16.2. The van der Waals surface area contributed by atoms with Crippen molar-refractivity contribution >= 4 is 40.6 Å². The van der Waals surface area contributed by atoms with Crippen molar-refractivity contribution in [3.8, 4) is 11.5 Å². The number of amidine groups is 1. The van der Waals surface area contributed by atoms with Gasteiger partial charge in [0.15, 0.2) is 16.7 Å². The number of thioether (sulfide) groups is 1. The van der Waals surface area contributed by atoms with Crippen molar-refractivity contribution in [3.05, 3.63) is 58.5 Å². The van der Waals surface area contributed by atoms with Crippen LogP contribution in [0.15, 0.2) is 52.4 Å². The van der Waals surface area contributed by atoms with E-state index in [0.717, 1.165) is 5.56 Å². The lowest BCUT2D eigenvalue weighted by Gasteiger charge is -2.13. The summed E-state index contributed by atoms with van der Waals surface area (Å²) in [6.45, 7) is 6.79. The first-order valence-electron chi connectivity index (χ1n) is 10.4. The lowest BCUT2D eigenvalue weighted by atomic mass is 10.1. The Balaban J connectivity index is 1.95. The number of nitrogens with zero attached hydrogens (tertiary/aromatic N) is 2. The van der Waals surface area contributed by atoms with E-state index in [1.807, 2.05) is 32.0 Å². The van der Waals surface area contributed by atoms with E-state index < -0.39 is 5.97 Å². The summed E-state index contributed by atoms with van der Waals surface area (Å²) in [5.41, 5.74) is 1.74. The molecule has 0 N–H and O–H groups in total. The molecule has 2 aromatic rings. The van der Waals surface area contributed by atoms with Gasteiger partial charge in [0.05, 0.1) is 36.5 Å². The van der Waals surface area contributed by atoms with E-state index >= 15 is 0 Å². The maximum atomic E-state index is 13.0. The fourth-order valence-corrected chi connectivity index (χ4v) is 4.20. The maximum Gasteiger partial charge on any atom is 0.338 e. The van der Waals surface area contributed by atoms with Gasteiger partial charge in [-0.3, -0.25) is 9.69 Å². The molecule has 7 nitrogen and oxygen atoms in total. The number of rotatable bonds is 8. The minimum absolute atomic E-state index is 0.136. The number of benzene rings is 2. The zero-order chi connectivity index (χ0) is 23.1. The molecule has 8 heteroatoms. The average molecular weight is 455 g/mol. The number of aliphatic imine (C=N–C) groups is 1. The molecular formula is C24H26N2O5S. The Hall–Kier alpha value is -3.26. The highest BCUT2D eigenvalue weighted by Crippen LogP contribution is 2.38. The first kappa shape index (κ1) is 23.4. The summed E-state index contributed by atoms with van der Waals surface area (Å²) in [6.07, 6.45) is 1.79. The number of hydrogen-bond donors (Lipinski definition) is 0. The fourth-order valence-electron chi connectivity index (χ4n) is 3.14. The third-order valence-corrected chi connectivity index (χ3v) is 5.60. The van der Waals surface area contributed by atoms with Crippen molar-refractivity contribution in [3.63, 3.8) is 0 Å². The van der Waals surface area contributed by atoms with E-state index in [-0.39, 0.29) is 5.91 Å². The molecule has 1 amide bonds. The maximum absolute atomic E-state index is 13.0. The van der Waals surface area contributed by atoms with Crippen LogP contribution in [0.3, 0.4) is 0 Å². The highest BCUT2D eigenvalue weighted by Gasteiger charge is 2.32. The highest BCUT2D eigenvalue weighted by molar-refractivity contribution is 8.18. The summed E-state index contributed by atoms with van der Waals surface area (Å²) in [5.74, 6) is 0.657. The second-order valence-corrected chi connectivity index (χ2v) is 7.65. The van der Waals surface area contributed by atoms with Gasteiger partial charge in [0, 0.05) is 12.1 Å². The summed E-state index contributed by atoms with van der Waals surface area (Å²) in [5, 5.41) is 0.547. The Labute approximate surface area is 192 Å². The Morgan fingerprint density at radius 1 is 1.12 bits per heavy atom. The normalized spacial score (nSPS) is 16.0. The van der Waals surface area contributed by atoms with E-state index in [0.29, 0.717) is 52.6 Å². The van der Waals surface area contributed by atoms with Crippen LogP contribution in [0, 0.1) is 0 Å². The molecule has 0 unspecified atom stereocenters. The van der Waals surface area contributed by atoms with Gasteiger partial charge in [0.2, 0.25) is 0 Å². The smallest absolute Gasteiger partial charge is 0.338 e. The summed E-state index contributed by atoms with van der Waals surface area (Å²) in [6, 6.07) is 12.4. The molecule has 1 heterocycles. The molecule has 32 heavy (non-hydrogen) atoms. The van der Waals surface area contributed by atoms with Crippen LogP contribution in [0.25, 0.3) is 6.08 Å². The predicted octanol–water partition coefficient (Wildman–Crippen LogP) is 4.89. The number of carbonyl (C=O) groups is 2. The molecule has 0 radical (unpaired) electrons. The van der Waals surface area contributed by atoms with Gasteiger partial charge in [-0.25, -0.2) is 9.79 Å². The van der Waals surface area contributed by atoms with E-state index in [2.05, 4.69) is 4.99 Å². The Kier molecular flexibility index (Phi) is 7.94. The SMILES string of the molecule is CCOC(=O)c1cccc(N=C2SC(=Cc3cccc(OC)c3OCC)C(=O)N2CC)c1. The largest absolute Gasteiger partial charge is 0.493 e. The molecule has 1 saturated heterocycles. The summed E-state index contributed by atoms with van der Waals surface area (Å²) in [7, 11) is 1.58. The van der Waals surface area contributed by atoms with Gasteiger partial charge in [-0.1, -0.05) is 18.2 Å². The number of amides is 1. The van der Waals surface area contributed by atoms with Gasteiger partial charge in [0.1, 0.15) is 0 Å². The van der Waals surface area contributed by atoms with Gasteiger partial charge < -0.3 is 14.2 Å². The van der Waals surface area contributed by atoms with Crippen molar-refractivity contribution in [1.82, 2.24) is 4.90 Å². The molecule has 168 valence electrons. The summed E-state index contributed by atoms with van der Waals surface area (Å²) >= 11 is 1.28. The number of hydrogen-bond acceptors (Lipinski definition) is 7. The molecule has 1 aliphatic rings. The fraction of sp³-hybridized carbons (Fsp3) is 0.292. The lowest BCUT2D eigenvalue weighted by molar-refractivity contribution is -0.122. The highest BCUT2D eigenvalue weighted by atomic mass is 32.2.